The summed E-state index contributed by atoms with van der Waals surface area (Å²) in [7, 11) is 0. The second-order valence-corrected chi connectivity index (χ2v) is 7.38. The lowest BCUT2D eigenvalue weighted by molar-refractivity contribution is 0.361. The molecule has 0 spiro atoms. The summed E-state index contributed by atoms with van der Waals surface area (Å²) in [6.07, 6.45) is 9.52. The van der Waals surface area contributed by atoms with E-state index in [4.69, 9.17) is 0 Å². The van der Waals surface area contributed by atoms with Crippen molar-refractivity contribution in [1.29, 1.82) is 0 Å². The number of nitrogens with one attached hydrogen (secondary N) is 1. The number of rotatable bonds is 8. The predicted octanol–water partition coefficient (Wildman–Crippen LogP) is 4.09. The van der Waals surface area contributed by atoms with Crippen molar-refractivity contribution in [3.05, 3.63) is 29.6 Å². The molecule has 0 radical (unpaired) electrons. The Bertz CT molecular complexity index is 385. The number of nitrogens with zero attached hydrogens (tertiary/aromatic N) is 1. The molecule has 1 aromatic rings. The second-order valence-electron chi connectivity index (χ2n) is 6.16. The van der Waals surface area contributed by atoms with Gasteiger partial charge in [-0.15, -0.1) is 0 Å². The van der Waals surface area contributed by atoms with Gasteiger partial charge in [-0.2, -0.15) is 11.8 Å². The van der Waals surface area contributed by atoms with Crippen molar-refractivity contribution in [2.75, 3.05) is 18.1 Å². The van der Waals surface area contributed by atoms with E-state index in [1.165, 1.54) is 48.4 Å². The number of hydrogen-bond donors (Lipinski definition) is 1. The Morgan fingerprint density at radius 3 is 2.71 bits per heavy atom. The van der Waals surface area contributed by atoms with E-state index >= 15 is 0 Å². The molecule has 1 aliphatic heterocycles. The summed E-state index contributed by atoms with van der Waals surface area (Å²) >= 11 is 2.12. The summed E-state index contributed by atoms with van der Waals surface area (Å²) in [6, 6.07) is 5.05. The first kappa shape index (κ1) is 16.8. The second kappa shape index (κ2) is 9.47. The van der Waals surface area contributed by atoms with E-state index < -0.39 is 0 Å². The normalized spacial score (nSPS) is 17.8. The number of aromatic nitrogens is 1. The first-order valence-corrected chi connectivity index (χ1v) is 9.72. The third-order valence-electron chi connectivity index (χ3n) is 4.39. The largest absolute Gasteiger partial charge is 0.314 e. The third kappa shape index (κ3) is 5.99. The number of hydrogen-bond acceptors (Lipinski definition) is 3. The van der Waals surface area contributed by atoms with Gasteiger partial charge < -0.3 is 5.32 Å². The maximum atomic E-state index is 4.65. The van der Waals surface area contributed by atoms with Crippen LogP contribution in [0.4, 0.5) is 0 Å². The molecule has 0 saturated carbocycles. The lowest BCUT2D eigenvalue weighted by Gasteiger charge is -2.27. The minimum Gasteiger partial charge on any atom is -0.314 e. The van der Waals surface area contributed by atoms with Crippen LogP contribution in [0.3, 0.4) is 0 Å². The lowest BCUT2D eigenvalue weighted by Crippen LogP contribution is -2.34. The first-order chi connectivity index (χ1) is 10.3. The Morgan fingerprint density at radius 1 is 1.29 bits per heavy atom. The van der Waals surface area contributed by atoms with Gasteiger partial charge in [-0.3, -0.25) is 4.98 Å². The highest BCUT2D eigenvalue weighted by molar-refractivity contribution is 7.99. The SMILES string of the molecule is CCCNC(Cc1ccc(CC)cn1)CC1CCSCC1. The molecule has 0 aliphatic carbocycles. The van der Waals surface area contributed by atoms with E-state index in [2.05, 4.69) is 48.0 Å². The zero-order chi connectivity index (χ0) is 14.9. The van der Waals surface area contributed by atoms with Crippen LogP contribution in [0.15, 0.2) is 18.3 Å². The highest BCUT2D eigenvalue weighted by atomic mass is 32.2. The van der Waals surface area contributed by atoms with Crippen molar-refractivity contribution in [3.63, 3.8) is 0 Å². The molecule has 2 rings (SSSR count). The van der Waals surface area contributed by atoms with Gasteiger partial charge in [0.25, 0.3) is 0 Å². The molecule has 3 heteroatoms. The quantitative estimate of drug-likeness (QED) is 0.783. The summed E-state index contributed by atoms with van der Waals surface area (Å²) in [5.74, 6) is 3.62. The molecular weight excluding hydrogens is 276 g/mol. The molecule has 2 heterocycles. The third-order valence-corrected chi connectivity index (χ3v) is 5.44. The van der Waals surface area contributed by atoms with Crippen LogP contribution in [0, 0.1) is 5.92 Å². The van der Waals surface area contributed by atoms with Gasteiger partial charge in [0.15, 0.2) is 0 Å². The van der Waals surface area contributed by atoms with Gasteiger partial charge in [-0.1, -0.05) is 19.9 Å². The first-order valence-electron chi connectivity index (χ1n) is 8.56. The molecular formula is C18H30N2S. The minimum atomic E-state index is 0.595. The van der Waals surface area contributed by atoms with Crippen LogP contribution in [-0.2, 0) is 12.8 Å². The summed E-state index contributed by atoms with van der Waals surface area (Å²) in [4.78, 5) is 4.65. The van der Waals surface area contributed by atoms with Gasteiger partial charge in [0.05, 0.1) is 0 Å². The van der Waals surface area contributed by atoms with Gasteiger partial charge in [-0.25, -0.2) is 0 Å². The highest BCUT2D eigenvalue weighted by Crippen LogP contribution is 2.27. The monoisotopic (exact) mass is 306 g/mol. The van der Waals surface area contributed by atoms with Crippen LogP contribution < -0.4 is 5.32 Å². The van der Waals surface area contributed by atoms with Crippen molar-refractivity contribution in [3.8, 4) is 0 Å². The Labute approximate surface area is 134 Å². The number of pyridine rings is 1. The highest BCUT2D eigenvalue weighted by Gasteiger charge is 2.19. The van der Waals surface area contributed by atoms with Gasteiger partial charge >= 0.3 is 0 Å². The molecule has 0 amide bonds. The van der Waals surface area contributed by atoms with E-state index in [1.54, 1.807) is 0 Å². The maximum absolute atomic E-state index is 4.65. The molecule has 1 aromatic heterocycles. The maximum Gasteiger partial charge on any atom is 0.0419 e. The minimum absolute atomic E-state index is 0.595. The van der Waals surface area contributed by atoms with Gasteiger partial charge in [0.1, 0.15) is 0 Å². The van der Waals surface area contributed by atoms with Crippen LogP contribution in [0.2, 0.25) is 0 Å². The molecule has 1 unspecified atom stereocenters. The fraction of sp³-hybridized carbons (Fsp3) is 0.722. The number of thioether (sulfide) groups is 1. The molecule has 1 fully saturated rings. The summed E-state index contributed by atoms with van der Waals surface area (Å²) in [5.41, 5.74) is 2.58. The molecule has 2 nitrogen and oxygen atoms in total. The van der Waals surface area contributed by atoms with Crippen molar-refractivity contribution in [1.82, 2.24) is 10.3 Å². The average molecular weight is 307 g/mol. The van der Waals surface area contributed by atoms with E-state index in [9.17, 15) is 0 Å². The topological polar surface area (TPSA) is 24.9 Å². The summed E-state index contributed by atoms with van der Waals surface area (Å²) in [5, 5.41) is 3.75. The Balaban J connectivity index is 1.90. The van der Waals surface area contributed by atoms with E-state index in [1.807, 2.05) is 6.20 Å². The summed E-state index contributed by atoms with van der Waals surface area (Å²) < 4.78 is 0. The van der Waals surface area contributed by atoms with Crippen molar-refractivity contribution in [2.45, 2.75) is 58.4 Å². The van der Waals surface area contributed by atoms with E-state index in [0.717, 1.165) is 25.3 Å². The Morgan fingerprint density at radius 2 is 2.10 bits per heavy atom. The van der Waals surface area contributed by atoms with Crippen molar-refractivity contribution in [2.24, 2.45) is 5.92 Å². The van der Waals surface area contributed by atoms with Crippen LogP contribution in [0.5, 0.6) is 0 Å². The van der Waals surface area contributed by atoms with Crippen LogP contribution in [-0.4, -0.2) is 29.1 Å². The average Bonchev–Trinajstić information content (AvgIpc) is 2.54. The zero-order valence-electron chi connectivity index (χ0n) is 13.6. The van der Waals surface area contributed by atoms with E-state index in [0.29, 0.717) is 6.04 Å². The summed E-state index contributed by atoms with van der Waals surface area (Å²) in [6.45, 7) is 5.55. The molecule has 1 N–H and O–H groups in total. The van der Waals surface area contributed by atoms with Crippen LogP contribution in [0.25, 0.3) is 0 Å². The predicted molar refractivity (Wildman–Crippen MR) is 94.1 cm³/mol. The molecule has 118 valence electrons. The van der Waals surface area contributed by atoms with Crippen molar-refractivity contribution >= 4 is 11.8 Å². The fourth-order valence-electron chi connectivity index (χ4n) is 3.01. The fourth-order valence-corrected chi connectivity index (χ4v) is 4.21. The van der Waals surface area contributed by atoms with Crippen molar-refractivity contribution < 1.29 is 0 Å². The molecule has 0 bridgehead atoms. The Kier molecular flexibility index (Phi) is 7.59. The smallest absolute Gasteiger partial charge is 0.0419 e. The lowest BCUT2D eigenvalue weighted by atomic mass is 9.92. The zero-order valence-corrected chi connectivity index (χ0v) is 14.4. The van der Waals surface area contributed by atoms with Crippen LogP contribution >= 0.6 is 11.8 Å². The molecule has 21 heavy (non-hydrogen) atoms. The van der Waals surface area contributed by atoms with Gasteiger partial charge in [-0.05, 0) is 67.7 Å². The molecule has 1 atom stereocenters. The molecule has 1 saturated heterocycles. The van der Waals surface area contributed by atoms with E-state index in [-0.39, 0.29) is 0 Å². The Hall–Kier alpha value is -0.540. The number of aryl methyl sites for hydroxylation is 1. The van der Waals surface area contributed by atoms with Gasteiger partial charge in [0, 0.05) is 24.4 Å². The van der Waals surface area contributed by atoms with Gasteiger partial charge in [0.2, 0.25) is 0 Å². The van der Waals surface area contributed by atoms with Crippen LogP contribution in [0.1, 0.15) is 50.8 Å². The molecule has 1 aliphatic rings. The molecule has 0 aromatic carbocycles. The standard InChI is InChI=1S/C18H30N2S/c1-3-9-19-18(12-16-7-10-21-11-8-16)13-17-6-5-15(4-2)14-20-17/h5-6,14,16,18-19H,3-4,7-13H2,1-2H3.